The molecule has 108 valence electrons. The summed E-state index contributed by atoms with van der Waals surface area (Å²) in [7, 11) is 0. The summed E-state index contributed by atoms with van der Waals surface area (Å²) < 4.78 is 0. The van der Waals surface area contributed by atoms with Crippen LogP contribution in [0.25, 0.3) is 0 Å². The molecule has 0 aliphatic rings. The number of benzene rings is 2. The van der Waals surface area contributed by atoms with Crippen molar-refractivity contribution in [3.05, 3.63) is 52.5 Å². The van der Waals surface area contributed by atoms with Gasteiger partial charge in [-0.2, -0.15) is 0 Å². The molecule has 0 radical (unpaired) electrons. The molecule has 0 aromatic heterocycles. The number of halogens is 1. The van der Waals surface area contributed by atoms with Crippen LogP contribution in [0, 0.1) is 0 Å². The van der Waals surface area contributed by atoms with Crippen molar-refractivity contribution in [2.45, 2.75) is 0 Å². The molecule has 2 aromatic rings. The van der Waals surface area contributed by atoms with Crippen LogP contribution in [-0.4, -0.2) is 27.2 Å². The van der Waals surface area contributed by atoms with E-state index in [1.54, 1.807) is 0 Å². The van der Waals surface area contributed by atoms with Gasteiger partial charge < -0.3 is 20.6 Å². The topological polar surface area (TPSA) is 107 Å². The van der Waals surface area contributed by atoms with E-state index >= 15 is 0 Å². The summed E-state index contributed by atoms with van der Waals surface area (Å²) in [6.45, 7) is 0. The van der Waals surface area contributed by atoms with Crippen LogP contribution < -0.4 is 5.32 Å². The molecule has 0 unspecified atom stereocenters. The number of nitrogens with one attached hydrogen (secondary N) is 1. The molecule has 6 nitrogen and oxygen atoms in total. The average molecular weight is 308 g/mol. The van der Waals surface area contributed by atoms with Gasteiger partial charge in [-0.05, 0) is 30.3 Å². The molecule has 0 atom stereocenters. The smallest absolute Gasteiger partial charge is 0.337 e. The number of aromatic hydroxyl groups is 2. The summed E-state index contributed by atoms with van der Waals surface area (Å²) >= 11 is 5.89. The van der Waals surface area contributed by atoms with Gasteiger partial charge in [-0.3, -0.25) is 4.79 Å². The van der Waals surface area contributed by atoms with Crippen LogP contribution in [0.2, 0.25) is 5.02 Å². The highest BCUT2D eigenvalue weighted by atomic mass is 35.5. The number of carboxylic acids is 1. The summed E-state index contributed by atoms with van der Waals surface area (Å²) in [6.07, 6.45) is 0. The Labute approximate surface area is 124 Å². The third kappa shape index (κ3) is 3.06. The number of carboxylic acid groups (broad SMARTS) is 1. The molecule has 7 heteroatoms. The van der Waals surface area contributed by atoms with E-state index in [9.17, 15) is 19.8 Å². The molecular weight excluding hydrogens is 298 g/mol. The van der Waals surface area contributed by atoms with E-state index in [4.69, 9.17) is 16.7 Å². The molecular formula is C14H10ClNO5. The molecule has 0 saturated carbocycles. The minimum absolute atomic E-state index is 0.0443. The van der Waals surface area contributed by atoms with Crippen molar-refractivity contribution < 1.29 is 24.9 Å². The van der Waals surface area contributed by atoms with E-state index in [-0.39, 0.29) is 33.3 Å². The van der Waals surface area contributed by atoms with E-state index < -0.39 is 11.9 Å². The fourth-order valence-electron chi connectivity index (χ4n) is 1.72. The first kappa shape index (κ1) is 14.7. The van der Waals surface area contributed by atoms with Gasteiger partial charge >= 0.3 is 5.97 Å². The zero-order valence-corrected chi connectivity index (χ0v) is 11.3. The predicted molar refractivity (Wildman–Crippen MR) is 76.1 cm³/mol. The Morgan fingerprint density at radius 2 is 1.76 bits per heavy atom. The quantitative estimate of drug-likeness (QED) is 0.652. The molecule has 2 rings (SSSR count). The summed E-state index contributed by atoms with van der Waals surface area (Å²) in [5.74, 6) is -2.61. The van der Waals surface area contributed by atoms with E-state index in [0.717, 1.165) is 12.1 Å². The number of phenolic OH excluding ortho intramolecular Hbond substituents is 2. The van der Waals surface area contributed by atoms with Crippen molar-refractivity contribution in [1.82, 2.24) is 0 Å². The van der Waals surface area contributed by atoms with Crippen LogP contribution in [0.1, 0.15) is 20.7 Å². The lowest BCUT2D eigenvalue weighted by Crippen LogP contribution is -2.15. The number of hydrogen-bond acceptors (Lipinski definition) is 4. The van der Waals surface area contributed by atoms with Gasteiger partial charge in [-0.1, -0.05) is 17.7 Å². The van der Waals surface area contributed by atoms with Gasteiger partial charge in [0.15, 0.2) is 0 Å². The van der Waals surface area contributed by atoms with E-state index in [1.807, 2.05) is 0 Å². The number of rotatable bonds is 3. The largest absolute Gasteiger partial charge is 0.508 e. The van der Waals surface area contributed by atoms with Crippen molar-refractivity contribution in [1.29, 1.82) is 0 Å². The molecule has 2 aromatic carbocycles. The second-order valence-electron chi connectivity index (χ2n) is 4.12. The van der Waals surface area contributed by atoms with Crippen LogP contribution in [0.4, 0.5) is 5.69 Å². The molecule has 0 spiro atoms. The Morgan fingerprint density at radius 3 is 2.43 bits per heavy atom. The van der Waals surface area contributed by atoms with Gasteiger partial charge in [0.05, 0.1) is 21.8 Å². The average Bonchev–Trinajstić information content (AvgIpc) is 2.43. The highest BCUT2D eigenvalue weighted by Crippen LogP contribution is 2.28. The molecule has 0 bridgehead atoms. The zero-order chi connectivity index (χ0) is 15.6. The lowest BCUT2D eigenvalue weighted by atomic mass is 10.1. The minimum Gasteiger partial charge on any atom is -0.508 e. The highest BCUT2D eigenvalue weighted by molar-refractivity contribution is 6.35. The van der Waals surface area contributed by atoms with Crippen molar-refractivity contribution >= 4 is 29.2 Å². The van der Waals surface area contributed by atoms with Crippen molar-refractivity contribution in [2.75, 3.05) is 5.32 Å². The standard InChI is InChI=1S/C14H10ClNO5/c15-10-3-1-2-8(14(20)21)12(10)16-13(19)9-6-7(17)4-5-11(9)18/h1-6,17-18H,(H,16,19)(H,20,21). The first-order valence-corrected chi connectivity index (χ1v) is 6.13. The summed E-state index contributed by atoms with van der Waals surface area (Å²) in [5.41, 5.74) is -0.471. The fraction of sp³-hybridized carbons (Fsp3) is 0. The summed E-state index contributed by atoms with van der Waals surface area (Å²) in [6, 6.07) is 7.56. The van der Waals surface area contributed by atoms with E-state index in [2.05, 4.69) is 5.32 Å². The molecule has 4 N–H and O–H groups in total. The summed E-state index contributed by atoms with van der Waals surface area (Å²) in [4.78, 5) is 23.2. The molecule has 0 heterocycles. The number of anilines is 1. The number of carbonyl (C=O) groups is 2. The van der Waals surface area contributed by atoms with Crippen molar-refractivity contribution in [3.8, 4) is 11.5 Å². The second kappa shape index (κ2) is 5.72. The lowest BCUT2D eigenvalue weighted by Gasteiger charge is -2.11. The highest BCUT2D eigenvalue weighted by Gasteiger charge is 2.18. The monoisotopic (exact) mass is 307 g/mol. The molecule has 0 fully saturated rings. The fourth-order valence-corrected chi connectivity index (χ4v) is 1.94. The van der Waals surface area contributed by atoms with Crippen LogP contribution in [-0.2, 0) is 0 Å². The first-order valence-electron chi connectivity index (χ1n) is 5.75. The molecule has 21 heavy (non-hydrogen) atoms. The number of aromatic carboxylic acids is 1. The number of carbonyl (C=O) groups excluding carboxylic acids is 1. The third-order valence-electron chi connectivity index (χ3n) is 2.71. The van der Waals surface area contributed by atoms with Gasteiger partial charge in [0.25, 0.3) is 5.91 Å². The lowest BCUT2D eigenvalue weighted by molar-refractivity contribution is 0.0698. The van der Waals surface area contributed by atoms with Gasteiger partial charge in [0, 0.05) is 0 Å². The Morgan fingerprint density at radius 1 is 1.05 bits per heavy atom. The van der Waals surface area contributed by atoms with Gasteiger partial charge in [-0.25, -0.2) is 4.79 Å². The van der Waals surface area contributed by atoms with Crippen LogP contribution in [0.5, 0.6) is 11.5 Å². The Balaban J connectivity index is 2.41. The normalized spacial score (nSPS) is 10.1. The molecule has 0 aliphatic heterocycles. The minimum atomic E-state index is -1.26. The molecule has 1 amide bonds. The van der Waals surface area contributed by atoms with Gasteiger partial charge in [0.1, 0.15) is 11.5 Å². The Bertz CT molecular complexity index is 729. The maximum absolute atomic E-state index is 12.1. The van der Waals surface area contributed by atoms with E-state index in [1.165, 1.54) is 24.3 Å². The van der Waals surface area contributed by atoms with Crippen molar-refractivity contribution in [3.63, 3.8) is 0 Å². The Hall–Kier alpha value is -2.73. The van der Waals surface area contributed by atoms with Gasteiger partial charge in [-0.15, -0.1) is 0 Å². The Kier molecular flexibility index (Phi) is 4.00. The van der Waals surface area contributed by atoms with Crippen LogP contribution in [0.3, 0.4) is 0 Å². The van der Waals surface area contributed by atoms with Crippen LogP contribution in [0.15, 0.2) is 36.4 Å². The summed E-state index contributed by atoms with van der Waals surface area (Å²) in [5, 5.41) is 30.4. The predicted octanol–water partition coefficient (Wildman–Crippen LogP) is 2.70. The van der Waals surface area contributed by atoms with E-state index in [0.29, 0.717) is 0 Å². The van der Waals surface area contributed by atoms with Gasteiger partial charge in [0.2, 0.25) is 0 Å². The SMILES string of the molecule is O=C(Nc1c(Cl)cccc1C(=O)O)c1cc(O)ccc1O. The second-order valence-corrected chi connectivity index (χ2v) is 4.53. The molecule has 0 saturated heterocycles. The maximum atomic E-state index is 12.1. The zero-order valence-electron chi connectivity index (χ0n) is 10.5. The van der Waals surface area contributed by atoms with Crippen LogP contribution >= 0.6 is 11.6 Å². The first-order chi connectivity index (χ1) is 9.90. The number of phenols is 2. The number of amides is 1. The molecule has 0 aliphatic carbocycles. The maximum Gasteiger partial charge on any atom is 0.337 e. The number of hydrogen-bond donors (Lipinski definition) is 4. The number of para-hydroxylation sites is 1. The third-order valence-corrected chi connectivity index (χ3v) is 3.02. The van der Waals surface area contributed by atoms with Crippen molar-refractivity contribution in [2.24, 2.45) is 0 Å².